The second-order valence-corrected chi connectivity index (χ2v) is 8.56. The van der Waals surface area contributed by atoms with Crippen molar-refractivity contribution < 1.29 is 9.47 Å². The minimum Gasteiger partial charge on any atom is -0.490 e. The molecule has 0 saturated heterocycles. The van der Waals surface area contributed by atoms with Crippen LogP contribution < -0.4 is 14.8 Å². The number of hydrogen-bond acceptors (Lipinski definition) is 3. The summed E-state index contributed by atoms with van der Waals surface area (Å²) in [5.41, 5.74) is 3.29. The number of rotatable bonds is 9. The monoisotopic (exact) mass is 507 g/mol. The molecule has 0 aliphatic carbocycles. The molecule has 0 saturated carbocycles. The molecule has 0 amide bonds. The molecule has 0 unspecified atom stereocenters. The number of nitrogens with one attached hydrogen (secondary N) is 1. The van der Waals surface area contributed by atoms with E-state index in [0.717, 1.165) is 15.6 Å². The summed E-state index contributed by atoms with van der Waals surface area (Å²) >= 11 is 15.7. The summed E-state index contributed by atoms with van der Waals surface area (Å²) in [6.07, 6.45) is 0. The molecule has 3 aromatic carbocycles. The molecular formula is C24H24BrCl2NO2. The summed E-state index contributed by atoms with van der Waals surface area (Å²) in [4.78, 5) is 0. The summed E-state index contributed by atoms with van der Waals surface area (Å²) in [7, 11) is 0. The van der Waals surface area contributed by atoms with Crippen LogP contribution in [0.1, 0.15) is 36.6 Å². The van der Waals surface area contributed by atoms with Gasteiger partial charge in [0, 0.05) is 12.6 Å². The fourth-order valence-electron chi connectivity index (χ4n) is 3.04. The van der Waals surface area contributed by atoms with Crippen LogP contribution in [-0.2, 0) is 13.2 Å². The highest BCUT2D eigenvalue weighted by Crippen LogP contribution is 2.38. The van der Waals surface area contributed by atoms with Gasteiger partial charge in [0.15, 0.2) is 11.5 Å². The van der Waals surface area contributed by atoms with E-state index < -0.39 is 0 Å². The number of hydrogen-bond donors (Lipinski definition) is 1. The van der Waals surface area contributed by atoms with Gasteiger partial charge in [0.25, 0.3) is 0 Å². The van der Waals surface area contributed by atoms with Crippen molar-refractivity contribution in [2.45, 2.75) is 33.0 Å². The Morgan fingerprint density at radius 3 is 2.40 bits per heavy atom. The van der Waals surface area contributed by atoms with Gasteiger partial charge in [0.1, 0.15) is 6.61 Å². The van der Waals surface area contributed by atoms with Gasteiger partial charge in [-0.1, -0.05) is 59.6 Å². The average molecular weight is 509 g/mol. The van der Waals surface area contributed by atoms with E-state index in [2.05, 4.69) is 58.5 Å². The van der Waals surface area contributed by atoms with E-state index in [4.69, 9.17) is 32.7 Å². The third-order valence-electron chi connectivity index (χ3n) is 4.65. The predicted molar refractivity (Wildman–Crippen MR) is 128 cm³/mol. The Morgan fingerprint density at radius 2 is 1.70 bits per heavy atom. The first-order valence-electron chi connectivity index (χ1n) is 9.78. The van der Waals surface area contributed by atoms with Gasteiger partial charge in [0.05, 0.1) is 21.1 Å². The van der Waals surface area contributed by atoms with Gasteiger partial charge in [-0.25, -0.2) is 0 Å². The fraction of sp³-hybridized carbons (Fsp3) is 0.250. The maximum atomic E-state index is 6.10. The van der Waals surface area contributed by atoms with Crippen LogP contribution in [0.25, 0.3) is 0 Å². The molecule has 3 aromatic rings. The highest BCUT2D eigenvalue weighted by molar-refractivity contribution is 9.10. The van der Waals surface area contributed by atoms with Crippen molar-refractivity contribution in [2.75, 3.05) is 6.61 Å². The van der Waals surface area contributed by atoms with E-state index in [1.807, 2.05) is 25.1 Å². The summed E-state index contributed by atoms with van der Waals surface area (Å²) in [6.45, 7) is 5.73. The van der Waals surface area contributed by atoms with Gasteiger partial charge in [-0.15, -0.1) is 0 Å². The number of ether oxygens (including phenoxy) is 2. The molecule has 0 heterocycles. The average Bonchev–Trinajstić information content (AvgIpc) is 2.74. The molecule has 0 aromatic heterocycles. The van der Waals surface area contributed by atoms with E-state index in [9.17, 15) is 0 Å². The standard InChI is InChI=1S/C24H24BrCl2NO2/c1-3-29-23-13-18(14-28-16(2)19-7-5-4-6-8-19)11-20(25)24(23)30-15-17-9-10-21(26)22(27)12-17/h4-13,16,28H,3,14-15H2,1-2H3/t16-/m1/s1. The lowest BCUT2D eigenvalue weighted by molar-refractivity contribution is 0.267. The lowest BCUT2D eigenvalue weighted by atomic mass is 10.1. The van der Waals surface area contributed by atoms with Crippen LogP contribution in [0.5, 0.6) is 11.5 Å². The zero-order valence-electron chi connectivity index (χ0n) is 16.9. The second kappa shape index (κ2) is 11.1. The molecule has 6 heteroatoms. The van der Waals surface area contributed by atoms with E-state index in [1.165, 1.54) is 5.56 Å². The van der Waals surface area contributed by atoms with Crippen LogP contribution in [0.2, 0.25) is 10.0 Å². The van der Waals surface area contributed by atoms with Gasteiger partial charge < -0.3 is 14.8 Å². The van der Waals surface area contributed by atoms with Crippen LogP contribution in [0.3, 0.4) is 0 Å². The van der Waals surface area contributed by atoms with E-state index in [1.54, 1.807) is 12.1 Å². The SMILES string of the molecule is CCOc1cc(CN[C@H](C)c2ccccc2)cc(Br)c1OCc1ccc(Cl)c(Cl)c1. The van der Waals surface area contributed by atoms with Crippen molar-refractivity contribution in [2.24, 2.45) is 0 Å². The van der Waals surface area contributed by atoms with Crippen LogP contribution in [0.4, 0.5) is 0 Å². The Kier molecular flexibility index (Phi) is 8.46. The Balaban J connectivity index is 1.72. The molecule has 1 atom stereocenters. The summed E-state index contributed by atoms with van der Waals surface area (Å²) in [6, 6.07) is 20.2. The van der Waals surface area contributed by atoms with Gasteiger partial charge in [-0.3, -0.25) is 0 Å². The first-order valence-corrected chi connectivity index (χ1v) is 11.3. The Morgan fingerprint density at radius 1 is 0.933 bits per heavy atom. The molecule has 0 bridgehead atoms. The maximum Gasteiger partial charge on any atom is 0.175 e. The largest absolute Gasteiger partial charge is 0.490 e. The third-order valence-corrected chi connectivity index (χ3v) is 5.98. The lowest BCUT2D eigenvalue weighted by Crippen LogP contribution is -2.18. The zero-order valence-corrected chi connectivity index (χ0v) is 20.0. The topological polar surface area (TPSA) is 30.5 Å². The molecular weight excluding hydrogens is 485 g/mol. The van der Waals surface area contributed by atoms with E-state index in [-0.39, 0.29) is 6.04 Å². The molecule has 158 valence electrons. The minimum atomic E-state index is 0.242. The predicted octanol–water partition coefficient (Wildman–Crippen LogP) is 7.58. The van der Waals surface area contributed by atoms with Crippen molar-refractivity contribution in [3.8, 4) is 11.5 Å². The first-order chi connectivity index (χ1) is 14.5. The quantitative estimate of drug-likeness (QED) is 0.323. The molecule has 0 fully saturated rings. The molecule has 3 nitrogen and oxygen atoms in total. The zero-order chi connectivity index (χ0) is 21.5. The summed E-state index contributed by atoms with van der Waals surface area (Å²) < 4.78 is 12.8. The molecule has 30 heavy (non-hydrogen) atoms. The normalized spacial score (nSPS) is 11.9. The van der Waals surface area contributed by atoms with Crippen LogP contribution in [0, 0.1) is 0 Å². The second-order valence-electron chi connectivity index (χ2n) is 6.89. The van der Waals surface area contributed by atoms with Crippen LogP contribution >= 0.6 is 39.1 Å². The Bertz CT molecular complexity index is 982. The lowest BCUT2D eigenvalue weighted by Gasteiger charge is -2.18. The van der Waals surface area contributed by atoms with Gasteiger partial charge in [0.2, 0.25) is 0 Å². The molecule has 0 radical (unpaired) electrons. The minimum absolute atomic E-state index is 0.242. The van der Waals surface area contributed by atoms with E-state index in [0.29, 0.717) is 41.3 Å². The van der Waals surface area contributed by atoms with Crippen LogP contribution in [-0.4, -0.2) is 6.61 Å². The highest BCUT2D eigenvalue weighted by atomic mass is 79.9. The number of benzene rings is 3. The van der Waals surface area contributed by atoms with Gasteiger partial charge in [-0.05, 0) is 70.7 Å². The van der Waals surface area contributed by atoms with Gasteiger partial charge >= 0.3 is 0 Å². The molecule has 0 aliphatic rings. The van der Waals surface area contributed by atoms with E-state index >= 15 is 0 Å². The molecule has 0 aliphatic heterocycles. The maximum absolute atomic E-state index is 6.10. The molecule has 3 rings (SSSR count). The summed E-state index contributed by atoms with van der Waals surface area (Å²) in [5.74, 6) is 1.37. The van der Waals surface area contributed by atoms with Gasteiger partial charge in [-0.2, -0.15) is 0 Å². The summed E-state index contributed by atoms with van der Waals surface area (Å²) in [5, 5.41) is 4.59. The third kappa shape index (κ3) is 6.14. The van der Waals surface area contributed by atoms with Crippen molar-refractivity contribution in [1.82, 2.24) is 5.32 Å². The van der Waals surface area contributed by atoms with Crippen LogP contribution in [0.15, 0.2) is 65.1 Å². The van der Waals surface area contributed by atoms with Crippen molar-refractivity contribution in [3.63, 3.8) is 0 Å². The van der Waals surface area contributed by atoms with Crippen molar-refractivity contribution in [1.29, 1.82) is 0 Å². The first kappa shape index (κ1) is 23.0. The van der Waals surface area contributed by atoms with Crippen molar-refractivity contribution >= 4 is 39.1 Å². The molecule has 0 spiro atoms. The number of halogens is 3. The Hall–Kier alpha value is -1.72. The fourth-order valence-corrected chi connectivity index (χ4v) is 3.97. The molecule has 1 N–H and O–H groups in total. The van der Waals surface area contributed by atoms with Crippen molar-refractivity contribution in [3.05, 3.63) is 91.9 Å². The highest BCUT2D eigenvalue weighted by Gasteiger charge is 2.14. The smallest absolute Gasteiger partial charge is 0.175 e. The Labute approximate surface area is 196 Å².